The van der Waals surface area contributed by atoms with Crippen LogP contribution in [0.1, 0.15) is 11.1 Å². The van der Waals surface area contributed by atoms with Crippen LogP contribution in [0.25, 0.3) is 0 Å². The molecule has 0 saturated heterocycles. The molecule has 0 radical (unpaired) electrons. The SMILES string of the molecule is Cc1cc(Br)cc(N)c1OC1=NS(=O)(=O)c2ccccc21. The molecule has 3 rings (SSSR count). The maximum atomic E-state index is 12.0. The summed E-state index contributed by atoms with van der Waals surface area (Å²) in [4.78, 5) is 0.147. The Bertz CT molecular complexity index is 853. The minimum absolute atomic E-state index is 0.0442. The Labute approximate surface area is 130 Å². The average Bonchev–Trinajstić information content (AvgIpc) is 2.66. The van der Waals surface area contributed by atoms with Crippen molar-refractivity contribution in [1.82, 2.24) is 0 Å². The number of nitrogens with two attached hydrogens (primary N) is 1. The standard InChI is InChI=1S/C14H11BrN2O3S/c1-8-6-9(15)7-11(16)13(8)20-14-10-4-2-3-5-12(10)21(18,19)17-14/h2-7H,16H2,1H3. The van der Waals surface area contributed by atoms with E-state index in [1.807, 2.05) is 13.0 Å². The number of ether oxygens (including phenoxy) is 1. The molecular formula is C14H11BrN2O3S. The molecular weight excluding hydrogens is 356 g/mol. The minimum atomic E-state index is -3.70. The van der Waals surface area contributed by atoms with Crippen molar-refractivity contribution in [2.75, 3.05) is 5.73 Å². The first-order valence-electron chi connectivity index (χ1n) is 6.06. The largest absolute Gasteiger partial charge is 0.435 e. The van der Waals surface area contributed by atoms with E-state index in [9.17, 15) is 8.42 Å². The summed E-state index contributed by atoms with van der Waals surface area (Å²) in [6, 6.07) is 10.1. The fourth-order valence-corrected chi connectivity index (χ4v) is 3.87. The quantitative estimate of drug-likeness (QED) is 0.786. The second-order valence-corrected chi connectivity index (χ2v) is 7.10. The van der Waals surface area contributed by atoms with Crippen molar-refractivity contribution in [3.05, 3.63) is 52.0 Å². The van der Waals surface area contributed by atoms with Gasteiger partial charge in [-0.05, 0) is 36.8 Å². The zero-order chi connectivity index (χ0) is 15.2. The van der Waals surface area contributed by atoms with E-state index in [1.54, 1.807) is 24.3 Å². The number of rotatable bonds is 1. The Morgan fingerprint density at radius 2 is 1.95 bits per heavy atom. The van der Waals surface area contributed by atoms with Gasteiger partial charge in [-0.15, -0.1) is 4.40 Å². The third-order valence-electron chi connectivity index (χ3n) is 3.07. The Hall–Kier alpha value is -1.86. The molecule has 2 aromatic carbocycles. The summed E-state index contributed by atoms with van der Waals surface area (Å²) < 4.78 is 34.1. The second kappa shape index (κ2) is 4.85. The van der Waals surface area contributed by atoms with Crippen LogP contribution in [0, 0.1) is 6.92 Å². The highest BCUT2D eigenvalue weighted by atomic mass is 79.9. The zero-order valence-corrected chi connectivity index (χ0v) is 13.4. The topological polar surface area (TPSA) is 81.8 Å². The lowest BCUT2D eigenvalue weighted by molar-refractivity contribution is 0.551. The van der Waals surface area contributed by atoms with Crippen LogP contribution >= 0.6 is 15.9 Å². The summed E-state index contributed by atoms with van der Waals surface area (Å²) in [6.45, 7) is 1.83. The predicted octanol–water partition coefficient (Wildman–Crippen LogP) is 2.87. The van der Waals surface area contributed by atoms with Gasteiger partial charge < -0.3 is 10.5 Å². The maximum Gasteiger partial charge on any atom is 0.286 e. The molecule has 0 fully saturated rings. The first kappa shape index (κ1) is 14.1. The number of aryl methyl sites for hydroxylation is 1. The normalized spacial score (nSPS) is 15.4. The van der Waals surface area contributed by atoms with Gasteiger partial charge in [-0.3, -0.25) is 0 Å². The number of nitrogen functional groups attached to an aromatic ring is 1. The highest BCUT2D eigenvalue weighted by Crippen LogP contribution is 2.33. The molecule has 0 saturated carbocycles. The fourth-order valence-electron chi connectivity index (χ4n) is 2.14. The van der Waals surface area contributed by atoms with Gasteiger partial charge in [-0.2, -0.15) is 8.42 Å². The van der Waals surface area contributed by atoms with Crippen LogP contribution in [0.5, 0.6) is 5.75 Å². The number of anilines is 1. The van der Waals surface area contributed by atoms with Crippen LogP contribution in [0.2, 0.25) is 0 Å². The Morgan fingerprint density at radius 3 is 2.67 bits per heavy atom. The van der Waals surface area contributed by atoms with Crippen molar-refractivity contribution in [2.45, 2.75) is 11.8 Å². The molecule has 2 aromatic rings. The van der Waals surface area contributed by atoms with E-state index in [0.29, 0.717) is 17.0 Å². The number of benzene rings is 2. The van der Waals surface area contributed by atoms with Gasteiger partial charge >= 0.3 is 0 Å². The van der Waals surface area contributed by atoms with E-state index >= 15 is 0 Å². The van der Waals surface area contributed by atoms with E-state index in [4.69, 9.17) is 10.5 Å². The average molecular weight is 367 g/mol. The molecule has 0 spiro atoms. The molecule has 108 valence electrons. The fraction of sp³-hybridized carbons (Fsp3) is 0.0714. The molecule has 7 heteroatoms. The van der Waals surface area contributed by atoms with Crippen molar-refractivity contribution in [1.29, 1.82) is 0 Å². The van der Waals surface area contributed by atoms with E-state index in [-0.39, 0.29) is 10.8 Å². The van der Waals surface area contributed by atoms with Crippen LogP contribution < -0.4 is 10.5 Å². The van der Waals surface area contributed by atoms with E-state index in [1.165, 1.54) is 6.07 Å². The van der Waals surface area contributed by atoms with Crippen molar-refractivity contribution < 1.29 is 13.2 Å². The van der Waals surface area contributed by atoms with E-state index in [2.05, 4.69) is 20.3 Å². The lowest BCUT2D eigenvalue weighted by Crippen LogP contribution is -2.10. The monoisotopic (exact) mass is 366 g/mol. The van der Waals surface area contributed by atoms with Gasteiger partial charge in [0.15, 0.2) is 5.75 Å². The summed E-state index contributed by atoms with van der Waals surface area (Å²) in [5.41, 5.74) is 7.56. The van der Waals surface area contributed by atoms with Crippen LogP contribution in [0.15, 0.2) is 50.2 Å². The molecule has 1 aliphatic heterocycles. The number of sulfonamides is 1. The van der Waals surface area contributed by atoms with Gasteiger partial charge in [0.05, 0.1) is 11.3 Å². The molecule has 0 aromatic heterocycles. The van der Waals surface area contributed by atoms with Crippen molar-refractivity contribution >= 4 is 37.5 Å². The third-order valence-corrected chi connectivity index (χ3v) is 4.84. The van der Waals surface area contributed by atoms with Gasteiger partial charge in [0.1, 0.15) is 4.90 Å². The van der Waals surface area contributed by atoms with Gasteiger partial charge in [-0.25, -0.2) is 0 Å². The zero-order valence-electron chi connectivity index (χ0n) is 11.0. The molecule has 2 N–H and O–H groups in total. The van der Waals surface area contributed by atoms with Gasteiger partial charge in [-0.1, -0.05) is 28.1 Å². The smallest absolute Gasteiger partial charge is 0.286 e. The second-order valence-electron chi connectivity index (χ2n) is 4.61. The highest BCUT2D eigenvalue weighted by Gasteiger charge is 2.30. The van der Waals surface area contributed by atoms with Gasteiger partial charge in [0.25, 0.3) is 10.0 Å². The molecule has 0 unspecified atom stereocenters. The van der Waals surface area contributed by atoms with Crippen molar-refractivity contribution in [3.8, 4) is 5.75 Å². The summed E-state index contributed by atoms with van der Waals surface area (Å²) in [6.07, 6.45) is 0. The number of hydrogen-bond acceptors (Lipinski definition) is 4. The van der Waals surface area contributed by atoms with Crippen LogP contribution in [-0.2, 0) is 10.0 Å². The first-order valence-corrected chi connectivity index (χ1v) is 8.29. The molecule has 5 nitrogen and oxygen atoms in total. The number of hydrogen-bond donors (Lipinski definition) is 1. The summed E-state index contributed by atoms with van der Waals surface area (Å²) in [5.74, 6) is 0.451. The lowest BCUT2D eigenvalue weighted by Gasteiger charge is -2.11. The molecule has 1 aliphatic rings. The molecule has 21 heavy (non-hydrogen) atoms. The summed E-state index contributed by atoms with van der Waals surface area (Å²) in [7, 11) is -3.70. The molecule has 0 aliphatic carbocycles. The van der Waals surface area contributed by atoms with Crippen LogP contribution in [0.4, 0.5) is 5.69 Å². The highest BCUT2D eigenvalue weighted by molar-refractivity contribution is 9.10. The number of fused-ring (bicyclic) bond motifs is 1. The molecule has 0 bridgehead atoms. The lowest BCUT2D eigenvalue weighted by atomic mass is 10.2. The van der Waals surface area contributed by atoms with E-state index < -0.39 is 10.0 Å². The van der Waals surface area contributed by atoms with Crippen molar-refractivity contribution in [2.24, 2.45) is 4.40 Å². The molecule has 0 amide bonds. The van der Waals surface area contributed by atoms with E-state index in [0.717, 1.165) is 10.0 Å². The summed E-state index contributed by atoms with van der Waals surface area (Å²) >= 11 is 3.34. The number of nitrogens with zero attached hydrogens (tertiary/aromatic N) is 1. The van der Waals surface area contributed by atoms with Gasteiger partial charge in [0.2, 0.25) is 5.90 Å². The first-order chi connectivity index (χ1) is 9.88. The maximum absolute atomic E-state index is 12.0. The Balaban J connectivity index is 2.09. The number of halogens is 1. The van der Waals surface area contributed by atoms with Gasteiger partial charge in [0, 0.05) is 4.47 Å². The Morgan fingerprint density at radius 1 is 1.24 bits per heavy atom. The third kappa shape index (κ3) is 2.43. The van der Waals surface area contributed by atoms with Crippen LogP contribution in [0.3, 0.4) is 0 Å². The van der Waals surface area contributed by atoms with Crippen molar-refractivity contribution in [3.63, 3.8) is 0 Å². The van der Waals surface area contributed by atoms with Crippen LogP contribution in [-0.4, -0.2) is 14.3 Å². The molecule has 1 heterocycles. The minimum Gasteiger partial charge on any atom is -0.435 e. The Kier molecular flexibility index (Phi) is 3.26. The molecule has 0 atom stereocenters. The predicted molar refractivity (Wildman–Crippen MR) is 84.1 cm³/mol. The summed E-state index contributed by atoms with van der Waals surface area (Å²) in [5, 5.41) is 0.